The molecule has 1 heterocycles. The van der Waals surface area contributed by atoms with Crippen molar-refractivity contribution in [2.24, 2.45) is 0 Å². The van der Waals surface area contributed by atoms with E-state index in [1.54, 1.807) is 21.3 Å². The van der Waals surface area contributed by atoms with Crippen LogP contribution in [0.2, 0.25) is 0 Å². The largest absolute Gasteiger partial charge is 0.497 e. The molecular weight excluding hydrogens is 368 g/mol. The lowest BCUT2D eigenvalue weighted by atomic mass is 10.0. The highest BCUT2D eigenvalue weighted by Crippen LogP contribution is 2.46. The maximum absolute atomic E-state index is 5.73. The van der Waals surface area contributed by atoms with E-state index in [9.17, 15) is 0 Å². The molecule has 0 spiro atoms. The van der Waals surface area contributed by atoms with Crippen LogP contribution in [0.15, 0.2) is 36.4 Å². The molecular formula is C23H30N2O4. The van der Waals surface area contributed by atoms with Crippen LogP contribution in [0.3, 0.4) is 0 Å². The quantitative estimate of drug-likeness (QED) is 0.736. The molecule has 29 heavy (non-hydrogen) atoms. The van der Waals surface area contributed by atoms with Gasteiger partial charge in [-0.3, -0.25) is 0 Å². The number of nitrogens with one attached hydrogen (secondary N) is 1. The van der Waals surface area contributed by atoms with Crippen LogP contribution < -0.4 is 24.4 Å². The number of nitrogens with zero attached hydrogens (tertiary/aromatic N) is 1. The molecule has 4 rings (SSSR count). The Kier molecular flexibility index (Phi) is 5.83. The minimum absolute atomic E-state index is 0.0351. The summed E-state index contributed by atoms with van der Waals surface area (Å²) in [6.45, 7) is 3.91. The molecule has 2 aromatic carbocycles. The maximum Gasteiger partial charge on any atom is 0.142 e. The minimum Gasteiger partial charge on any atom is -0.497 e. The van der Waals surface area contributed by atoms with Gasteiger partial charge < -0.3 is 29.2 Å². The molecule has 2 fully saturated rings. The monoisotopic (exact) mass is 398 g/mol. The fourth-order valence-corrected chi connectivity index (χ4v) is 4.00. The van der Waals surface area contributed by atoms with Gasteiger partial charge in [0.2, 0.25) is 0 Å². The highest BCUT2D eigenvalue weighted by atomic mass is 16.5. The number of ether oxygens (including phenoxy) is 4. The number of rotatable bonds is 8. The number of benzene rings is 2. The smallest absolute Gasteiger partial charge is 0.142 e. The van der Waals surface area contributed by atoms with Crippen molar-refractivity contribution >= 4 is 5.69 Å². The van der Waals surface area contributed by atoms with E-state index in [-0.39, 0.29) is 5.54 Å². The summed E-state index contributed by atoms with van der Waals surface area (Å²) in [5.41, 5.74) is 3.50. The lowest BCUT2D eigenvalue weighted by Crippen LogP contribution is -2.36. The molecule has 0 unspecified atom stereocenters. The van der Waals surface area contributed by atoms with E-state index in [2.05, 4.69) is 34.5 Å². The second kappa shape index (κ2) is 8.51. The molecule has 0 atom stereocenters. The van der Waals surface area contributed by atoms with E-state index in [0.29, 0.717) is 0 Å². The van der Waals surface area contributed by atoms with E-state index in [0.717, 1.165) is 74.2 Å². The summed E-state index contributed by atoms with van der Waals surface area (Å²) in [6, 6.07) is 12.5. The van der Waals surface area contributed by atoms with Crippen LogP contribution in [0.5, 0.6) is 17.2 Å². The second-order valence-corrected chi connectivity index (χ2v) is 7.60. The SMILES string of the molecule is COc1ccc(C2(NCc3cc(OC)c(N4CCOCC4)cc3OC)CC2)cc1. The fraction of sp³-hybridized carbons (Fsp3) is 0.478. The molecule has 0 amide bonds. The summed E-state index contributed by atoms with van der Waals surface area (Å²) in [4.78, 5) is 2.29. The maximum atomic E-state index is 5.73. The molecule has 1 saturated carbocycles. The van der Waals surface area contributed by atoms with Gasteiger partial charge in [0, 0.05) is 36.8 Å². The van der Waals surface area contributed by atoms with E-state index in [1.807, 2.05) is 12.1 Å². The first-order chi connectivity index (χ1) is 14.2. The first kappa shape index (κ1) is 19.9. The van der Waals surface area contributed by atoms with Gasteiger partial charge in [-0.2, -0.15) is 0 Å². The fourth-order valence-electron chi connectivity index (χ4n) is 4.00. The van der Waals surface area contributed by atoms with Crippen molar-refractivity contribution in [3.63, 3.8) is 0 Å². The van der Waals surface area contributed by atoms with Crippen molar-refractivity contribution < 1.29 is 18.9 Å². The van der Waals surface area contributed by atoms with Gasteiger partial charge in [-0.15, -0.1) is 0 Å². The lowest BCUT2D eigenvalue weighted by molar-refractivity contribution is 0.122. The molecule has 2 aromatic rings. The Morgan fingerprint density at radius 3 is 2.21 bits per heavy atom. The van der Waals surface area contributed by atoms with Gasteiger partial charge in [-0.25, -0.2) is 0 Å². The second-order valence-electron chi connectivity index (χ2n) is 7.60. The Balaban J connectivity index is 1.53. The first-order valence-corrected chi connectivity index (χ1v) is 10.2. The Labute approximate surface area is 172 Å². The topological polar surface area (TPSA) is 52.2 Å². The van der Waals surface area contributed by atoms with Gasteiger partial charge in [0.25, 0.3) is 0 Å². The number of hydrogen-bond donors (Lipinski definition) is 1. The summed E-state index contributed by atoms with van der Waals surface area (Å²) in [5, 5.41) is 3.76. The van der Waals surface area contributed by atoms with Gasteiger partial charge in [0.1, 0.15) is 17.2 Å². The Bertz CT molecular complexity index is 828. The Morgan fingerprint density at radius 1 is 0.931 bits per heavy atom. The molecule has 0 radical (unpaired) electrons. The summed E-state index contributed by atoms with van der Waals surface area (Å²) in [6.07, 6.45) is 2.26. The average molecular weight is 399 g/mol. The van der Waals surface area contributed by atoms with E-state index in [4.69, 9.17) is 18.9 Å². The van der Waals surface area contributed by atoms with Gasteiger partial charge in [-0.05, 0) is 36.6 Å². The standard InChI is InChI=1S/C23H30N2O4/c1-26-19-6-4-18(5-7-19)23(8-9-23)24-16-17-14-22(28-3)20(15-21(17)27-2)25-10-12-29-13-11-25/h4-7,14-15,24H,8-13,16H2,1-3H3. The molecule has 1 N–H and O–H groups in total. The molecule has 0 aromatic heterocycles. The van der Waals surface area contributed by atoms with Crippen LogP contribution in [0.25, 0.3) is 0 Å². The van der Waals surface area contributed by atoms with E-state index < -0.39 is 0 Å². The molecule has 2 aliphatic rings. The summed E-state index contributed by atoms with van der Waals surface area (Å²) >= 11 is 0. The number of methoxy groups -OCH3 is 3. The van der Waals surface area contributed by atoms with Crippen LogP contribution in [0.1, 0.15) is 24.0 Å². The average Bonchev–Trinajstić information content (AvgIpc) is 3.59. The predicted molar refractivity (Wildman–Crippen MR) is 113 cm³/mol. The Hall–Kier alpha value is -2.44. The third-order valence-corrected chi connectivity index (χ3v) is 5.94. The van der Waals surface area contributed by atoms with Crippen LogP contribution >= 0.6 is 0 Å². The van der Waals surface area contributed by atoms with Crippen molar-refractivity contribution in [3.05, 3.63) is 47.5 Å². The van der Waals surface area contributed by atoms with Crippen molar-refractivity contribution in [1.82, 2.24) is 5.32 Å². The van der Waals surface area contributed by atoms with Crippen molar-refractivity contribution in [2.75, 3.05) is 52.5 Å². The number of morpholine rings is 1. The zero-order valence-electron chi connectivity index (χ0n) is 17.5. The van der Waals surface area contributed by atoms with E-state index in [1.165, 1.54) is 5.56 Å². The van der Waals surface area contributed by atoms with Crippen LogP contribution in [-0.2, 0) is 16.8 Å². The van der Waals surface area contributed by atoms with Crippen molar-refractivity contribution in [1.29, 1.82) is 0 Å². The molecule has 1 aliphatic heterocycles. The van der Waals surface area contributed by atoms with Crippen molar-refractivity contribution in [3.8, 4) is 17.2 Å². The first-order valence-electron chi connectivity index (χ1n) is 10.2. The van der Waals surface area contributed by atoms with Crippen LogP contribution in [-0.4, -0.2) is 47.6 Å². The molecule has 156 valence electrons. The molecule has 6 nitrogen and oxygen atoms in total. The van der Waals surface area contributed by atoms with Gasteiger partial charge in [0.05, 0.1) is 40.2 Å². The third-order valence-electron chi connectivity index (χ3n) is 5.94. The molecule has 1 aliphatic carbocycles. The van der Waals surface area contributed by atoms with E-state index >= 15 is 0 Å². The van der Waals surface area contributed by atoms with Gasteiger partial charge in [0.15, 0.2) is 0 Å². The highest BCUT2D eigenvalue weighted by molar-refractivity contribution is 5.64. The third kappa shape index (κ3) is 4.14. The predicted octanol–water partition coefficient (Wildman–Crippen LogP) is 3.33. The molecule has 0 bridgehead atoms. The summed E-state index contributed by atoms with van der Waals surface area (Å²) < 4.78 is 22.2. The van der Waals surface area contributed by atoms with Crippen molar-refractivity contribution in [2.45, 2.75) is 24.9 Å². The van der Waals surface area contributed by atoms with Gasteiger partial charge in [-0.1, -0.05) is 12.1 Å². The van der Waals surface area contributed by atoms with Crippen LogP contribution in [0, 0.1) is 0 Å². The Morgan fingerprint density at radius 2 is 1.62 bits per heavy atom. The minimum atomic E-state index is 0.0351. The normalized spacial score (nSPS) is 17.7. The lowest BCUT2D eigenvalue weighted by Gasteiger charge is -2.31. The number of hydrogen-bond acceptors (Lipinski definition) is 6. The summed E-state index contributed by atoms with van der Waals surface area (Å²) in [5.74, 6) is 2.64. The zero-order chi connectivity index (χ0) is 20.3. The van der Waals surface area contributed by atoms with Gasteiger partial charge >= 0.3 is 0 Å². The number of anilines is 1. The highest BCUT2D eigenvalue weighted by Gasteiger charge is 2.43. The van der Waals surface area contributed by atoms with Crippen LogP contribution in [0.4, 0.5) is 5.69 Å². The summed E-state index contributed by atoms with van der Waals surface area (Å²) in [7, 11) is 5.15. The molecule has 6 heteroatoms. The molecule has 1 saturated heterocycles. The zero-order valence-corrected chi connectivity index (χ0v) is 17.5.